The summed E-state index contributed by atoms with van der Waals surface area (Å²) in [4.78, 5) is 30.2. The van der Waals surface area contributed by atoms with Gasteiger partial charge in [-0.3, -0.25) is 14.5 Å². The molecular formula is C26H25N3O2S. The van der Waals surface area contributed by atoms with Crippen LogP contribution in [-0.4, -0.2) is 21.9 Å². The minimum absolute atomic E-state index is 0.153. The average Bonchev–Trinajstić information content (AvgIpc) is 3.38. The Morgan fingerprint density at radius 1 is 1.06 bits per heavy atom. The maximum atomic E-state index is 13.8. The zero-order chi connectivity index (χ0) is 22.5. The van der Waals surface area contributed by atoms with Gasteiger partial charge in [0.05, 0.1) is 6.54 Å². The van der Waals surface area contributed by atoms with Crippen molar-refractivity contribution in [1.29, 1.82) is 0 Å². The second kappa shape index (κ2) is 7.64. The Labute approximate surface area is 191 Å². The number of fused-ring (bicyclic) bond motifs is 3. The third-order valence-electron chi connectivity index (χ3n) is 6.42. The van der Waals surface area contributed by atoms with E-state index in [1.54, 1.807) is 16.2 Å². The Morgan fingerprint density at radius 3 is 2.59 bits per heavy atom. The monoisotopic (exact) mass is 443 g/mol. The lowest BCUT2D eigenvalue weighted by Gasteiger charge is -2.44. The molecule has 0 unspecified atom stereocenters. The number of carbonyl (C=O) groups is 2. The number of carbonyl (C=O) groups excluding carboxylic acids is 2. The molecule has 2 amide bonds. The molecule has 5 nitrogen and oxygen atoms in total. The fourth-order valence-corrected chi connectivity index (χ4v) is 5.33. The van der Waals surface area contributed by atoms with Crippen molar-refractivity contribution in [2.75, 3.05) is 4.90 Å². The Bertz CT molecular complexity index is 1340. The molecular weight excluding hydrogens is 418 g/mol. The number of hydrogen-bond donors (Lipinski definition) is 1. The van der Waals surface area contributed by atoms with E-state index in [1.807, 2.05) is 91.4 Å². The van der Waals surface area contributed by atoms with E-state index in [9.17, 15) is 9.59 Å². The first-order chi connectivity index (χ1) is 15.4. The van der Waals surface area contributed by atoms with Gasteiger partial charge in [0.1, 0.15) is 16.1 Å². The minimum Gasteiger partial charge on any atom is -0.350 e. The van der Waals surface area contributed by atoms with E-state index in [0.29, 0.717) is 18.8 Å². The largest absolute Gasteiger partial charge is 0.350 e. The Balaban J connectivity index is 1.59. The van der Waals surface area contributed by atoms with Gasteiger partial charge in [0.2, 0.25) is 5.91 Å². The van der Waals surface area contributed by atoms with E-state index in [2.05, 4.69) is 5.32 Å². The Hall–Kier alpha value is -3.38. The van der Waals surface area contributed by atoms with Crippen molar-refractivity contribution in [3.05, 3.63) is 88.4 Å². The van der Waals surface area contributed by atoms with Crippen LogP contribution in [0.4, 0.5) is 5.69 Å². The number of aromatic nitrogens is 1. The molecule has 3 heterocycles. The molecule has 0 aliphatic carbocycles. The summed E-state index contributed by atoms with van der Waals surface area (Å²) >= 11 is 1.60. The molecule has 1 aliphatic heterocycles. The highest BCUT2D eigenvalue weighted by molar-refractivity contribution is 7.16. The number of aryl methyl sites for hydroxylation is 2. The molecule has 0 saturated heterocycles. The summed E-state index contributed by atoms with van der Waals surface area (Å²) in [6.07, 6.45) is 0. The Kier molecular flexibility index (Phi) is 4.90. The molecule has 4 aromatic rings. The molecule has 1 N–H and O–H groups in total. The molecule has 0 fully saturated rings. The maximum Gasteiger partial charge on any atom is 0.275 e. The third-order valence-corrected chi connectivity index (χ3v) is 7.37. The van der Waals surface area contributed by atoms with Gasteiger partial charge in [-0.2, -0.15) is 0 Å². The summed E-state index contributed by atoms with van der Waals surface area (Å²) in [5.74, 6) is -0.322. The topological polar surface area (TPSA) is 54.3 Å². The van der Waals surface area contributed by atoms with Gasteiger partial charge in [-0.25, -0.2) is 0 Å². The lowest BCUT2D eigenvalue weighted by Crippen LogP contribution is -2.64. The van der Waals surface area contributed by atoms with Crippen LogP contribution in [0.25, 0.3) is 10.2 Å². The van der Waals surface area contributed by atoms with Crippen molar-refractivity contribution in [3.63, 3.8) is 0 Å². The first-order valence-electron chi connectivity index (χ1n) is 10.7. The summed E-state index contributed by atoms with van der Waals surface area (Å²) in [5.41, 5.74) is 3.55. The summed E-state index contributed by atoms with van der Waals surface area (Å²) in [6, 6.07) is 19.7. The van der Waals surface area contributed by atoms with Crippen LogP contribution in [-0.2, 0) is 17.9 Å². The van der Waals surface area contributed by atoms with Gasteiger partial charge in [0.15, 0.2) is 0 Å². The van der Waals surface area contributed by atoms with E-state index < -0.39 is 5.54 Å². The number of hydrogen-bond acceptors (Lipinski definition) is 3. The quantitative estimate of drug-likeness (QED) is 0.480. The summed E-state index contributed by atoms with van der Waals surface area (Å²) in [5, 5.41) is 6.13. The summed E-state index contributed by atoms with van der Waals surface area (Å²) in [6.45, 7) is 6.74. The number of thiophene rings is 1. The number of anilines is 1. The van der Waals surface area contributed by atoms with Crippen LogP contribution in [0.3, 0.4) is 0 Å². The van der Waals surface area contributed by atoms with Gasteiger partial charge in [0, 0.05) is 17.6 Å². The highest BCUT2D eigenvalue weighted by Crippen LogP contribution is 2.37. The van der Waals surface area contributed by atoms with Crippen LogP contribution in [0.5, 0.6) is 0 Å². The van der Waals surface area contributed by atoms with Crippen molar-refractivity contribution in [1.82, 2.24) is 9.88 Å². The first-order valence-corrected chi connectivity index (χ1v) is 11.6. The SMILES string of the molecule is Cc1ccc(N2C(=O)c3cc4ccsc4n3C[C@@]2(C)C(=O)NCc2ccccc2)cc1C. The van der Waals surface area contributed by atoms with Crippen LogP contribution in [0, 0.1) is 13.8 Å². The number of nitrogens with one attached hydrogen (secondary N) is 1. The van der Waals surface area contributed by atoms with Gasteiger partial charge in [-0.15, -0.1) is 11.3 Å². The summed E-state index contributed by atoms with van der Waals surface area (Å²) < 4.78 is 2.00. The lowest BCUT2D eigenvalue weighted by molar-refractivity contribution is -0.126. The fourth-order valence-electron chi connectivity index (χ4n) is 4.44. The molecule has 162 valence electrons. The summed E-state index contributed by atoms with van der Waals surface area (Å²) in [7, 11) is 0. The Morgan fingerprint density at radius 2 is 1.84 bits per heavy atom. The second-order valence-electron chi connectivity index (χ2n) is 8.65. The molecule has 1 aliphatic rings. The molecule has 0 saturated carbocycles. The maximum absolute atomic E-state index is 13.8. The van der Waals surface area contributed by atoms with Crippen LogP contribution in [0.15, 0.2) is 66.0 Å². The second-order valence-corrected chi connectivity index (χ2v) is 9.54. The van der Waals surface area contributed by atoms with Crippen molar-refractivity contribution in [2.45, 2.75) is 39.4 Å². The standard InChI is InChI=1S/C26H25N3O2S/c1-17-9-10-21(13-18(17)2)29-23(30)22-14-20-11-12-32-24(20)28(22)16-26(29,3)25(31)27-15-19-7-5-4-6-8-19/h4-14H,15-16H2,1-3H3,(H,27,31)/t26-/m0/s1. The van der Waals surface area contributed by atoms with E-state index in [1.165, 1.54) is 0 Å². The van der Waals surface area contributed by atoms with Crippen LogP contribution in [0.2, 0.25) is 0 Å². The molecule has 2 aromatic heterocycles. The van der Waals surface area contributed by atoms with Gasteiger partial charge in [-0.05, 0) is 67.1 Å². The molecule has 0 radical (unpaired) electrons. The van der Waals surface area contributed by atoms with E-state index in [4.69, 9.17) is 0 Å². The van der Waals surface area contributed by atoms with Crippen molar-refractivity contribution >= 4 is 39.1 Å². The van der Waals surface area contributed by atoms with Crippen LogP contribution in [0.1, 0.15) is 34.1 Å². The normalized spacial score (nSPS) is 18.1. The molecule has 6 heteroatoms. The molecule has 32 heavy (non-hydrogen) atoms. The molecule has 2 aromatic carbocycles. The molecule has 1 atom stereocenters. The van der Waals surface area contributed by atoms with E-state index in [0.717, 1.165) is 32.6 Å². The van der Waals surface area contributed by atoms with Crippen molar-refractivity contribution in [2.24, 2.45) is 0 Å². The first kappa shape index (κ1) is 20.5. The predicted molar refractivity (Wildman–Crippen MR) is 129 cm³/mol. The van der Waals surface area contributed by atoms with Crippen molar-refractivity contribution < 1.29 is 9.59 Å². The predicted octanol–water partition coefficient (Wildman–Crippen LogP) is 5.06. The average molecular weight is 444 g/mol. The minimum atomic E-state index is -1.07. The highest BCUT2D eigenvalue weighted by Gasteiger charge is 2.48. The number of rotatable bonds is 4. The molecule has 0 spiro atoms. The molecule has 5 rings (SSSR count). The third kappa shape index (κ3) is 3.22. The van der Waals surface area contributed by atoms with Crippen LogP contribution >= 0.6 is 11.3 Å². The fraction of sp³-hybridized carbons (Fsp3) is 0.231. The van der Waals surface area contributed by atoms with Gasteiger partial charge in [0.25, 0.3) is 5.91 Å². The van der Waals surface area contributed by atoms with Crippen molar-refractivity contribution in [3.8, 4) is 0 Å². The zero-order valence-electron chi connectivity index (χ0n) is 18.4. The van der Waals surface area contributed by atoms with Gasteiger partial charge < -0.3 is 9.88 Å². The van der Waals surface area contributed by atoms with Gasteiger partial charge in [-0.1, -0.05) is 36.4 Å². The number of benzene rings is 2. The van der Waals surface area contributed by atoms with Crippen LogP contribution < -0.4 is 10.2 Å². The van der Waals surface area contributed by atoms with E-state index >= 15 is 0 Å². The number of nitrogens with zero attached hydrogens (tertiary/aromatic N) is 2. The number of amides is 2. The highest BCUT2D eigenvalue weighted by atomic mass is 32.1. The molecule has 0 bridgehead atoms. The van der Waals surface area contributed by atoms with Gasteiger partial charge >= 0.3 is 0 Å². The smallest absolute Gasteiger partial charge is 0.275 e. The lowest BCUT2D eigenvalue weighted by atomic mass is 9.93. The zero-order valence-corrected chi connectivity index (χ0v) is 19.2. The van der Waals surface area contributed by atoms with E-state index in [-0.39, 0.29) is 11.8 Å².